The second kappa shape index (κ2) is 7.49. The van der Waals surface area contributed by atoms with E-state index in [1.165, 1.54) is 7.05 Å². The highest BCUT2D eigenvalue weighted by Crippen LogP contribution is 2.25. The minimum atomic E-state index is -0.726. The average Bonchev–Trinajstić information content (AvgIpc) is 2.52. The number of hydrogen-bond donors (Lipinski definition) is 4. The van der Waals surface area contributed by atoms with Crippen LogP contribution in [-0.2, 0) is 9.59 Å². The minimum absolute atomic E-state index is 0.0292. The summed E-state index contributed by atoms with van der Waals surface area (Å²) in [7, 11) is 1.54. The number of anilines is 1. The van der Waals surface area contributed by atoms with Crippen molar-refractivity contribution in [2.75, 3.05) is 12.4 Å². The molecule has 23 heavy (non-hydrogen) atoms. The van der Waals surface area contributed by atoms with Crippen LogP contribution in [0.2, 0.25) is 10.0 Å². The van der Waals surface area contributed by atoms with Gasteiger partial charge in [0.25, 0.3) is 0 Å². The molecule has 1 saturated heterocycles. The van der Waals surface area contributed by atoms with E-state index >= 15 is 0 Å². The number of piperazine rings is 1. The van der Waals surface area contributed by atoms with Gasteiger partial charge in [-0.05, 0) is 32.0 Å². The number of benzene rings is 1. The van der Waals surface area contributed by atoms with Gasteiger partial charge < -0.3 is 21.3 Å². The number of carbonyl (C=O) groups excluding carboxylic acids is 2. The van der Waals surface area contributed by atoms with E-state index in [4.69, 9.17) is 23.2 Å². The molecule has 0 aromatic heterocycles. The third kappa shape index (κ3) is 4.14. The molecule has 0 bridgehead atoms. The van der Waals surface area contributed by atoms with E-state index in [2.05, 4.69) is 21.3 Å². The monoisotopic (exact) mass is 358 g/mol. The second-order valence-corrected chi connectivity index (χ2v) is 6.44. The molecule has 1 aliphatic rings. The van der Waals surface area contributed by atoms with Crippen LogP contribution in [0.4, 0.5) is 5.69 Å². The second-order valence-electron chi connectivity index (χ2n) is 5.59. The molecule has 6 nitrogen and oxygen atoms in total. The maximum atomic E-state index is 12.6. The van der Waals surface area contributed by atoms with Gasteiger partial charge in [0.2, 0.25) is 11.8 Å². The molecule has 2 rings (SSSR count). The van der Waals surface area contributed by atoms with Crippen LogP contribution in [-0.4, -0.2) is 43.0 Å². The van der Waals surface area contributed by atoms with E-state index in [0.717, 1.165) is 0 Å². The first-order valence-corrected chi connectivity index (χ1v) is 8.08. The summed E-state index contributed by atoms with van der Waals surface area (Å²) in [5, 5.41) is 12.5. The standard InChI is InChI=1S/C15H20Cl2N4O2/c1-7-8(2)20-13(12(19-7)14(22)18-3)15(23)21-11-6-9(16)4-5-10(11)17/h4-8,12-13,19-20H,1-3H3,(H,18,22)(H,21,23). The molecular weight excluding hydrogens is 339 g/mol. The smallest absolute Gasteiger partial charge is 0.243 e. The van der Waals surface area contributed by atoms with Crippen molar-refractivity contribution in [2.45, 2.75) is 38.0 Å². The fraction of sp³-hybridized carbons (Fsp3) is 0.467. The van der Waals surface area contributed by atoms with Crippen LogP contribution in [0.3, 0.4) is 0 Å². The van der Waals surface area contributed by atoms with Crippen LogP contribution in [0.5, 0.6) is 0 Å². The molecule has 126 valence electrons. The zero-order chi connectivity index (χ0) is 17.1. The molecule has 1 heterocycles. The van der Waals surface area contributed by atoms with Crippen molar-refractivity contribution >= 4 is 40.7 Å². The first-order valence-electron chi connectivity index (χ1n) is 7.33. The lowest BCUT2D eigenvalue weighted by Crippen LogP contribution is -2.70. The summed E-state index contributed by atoms with van der Waals surface area (Å²) < 4.78 is 0. The van der Waals surface area contributed by atoms with E-state index < -0.39 is 12.1 Å². The Bertz CT molecular complexity index is 611. The summed E-state index contributed by atoms with van der Waals surface area (Å²) in [6.07, 6.45) is 0. The summed E-state index contributed by atoms with van der Waals surface area (Å²) in [4.78, 5) is 24.7. The van der Waals surface area contributed by atoms with Crippen molar-refractivity contribution in [3.8, 4) is 0 Å². The number of carbonyl (C=O) groups is 2. The van der Waals surface area contributed by atoms with Crippen LogP contribution in [0.15, 0.2) is 18.2 Å². The Labute approximate surface area is 145 Å². The molecule has 0 saturated carbocycles. The maximum absolute atomic E-state index is 12.6. The molecule has 4 atom stereocenters. The number of amides is 2. The van der Waals surface area contributed by atoms with Crippen molar-refractivity contribution < 1.29 is 9.59 Å². The highest BCUT2D eigenvalue weighted by Gasteiger charge is 2.40. The zero-order valence-electron chi connectivity index (χ0n) is 13.1. The van der Waals surface area contributed by atoms with Crippen molar-refractivity contribution in [3.05, 3.63) is 28.2 Å². The van der Waals surface area contributed by atoms with Gasteiger partial charge >= 0.3 is 0 Å². The number of rotatable bonds is 3. The fourth-order valence-corrected chi connectivity index (χ4v) is 2.80. The lowest BCUT2D eigenvalue weighted by Gasteiger charge is -2.39. The van der Waals surface area contributed by atoms with E-state index in [9.17, 15) is 9.59 Å². The summed E-state index contributed by atoms with van der Waals surface area (Å²) in [5.41, 5.74) is 0.410. The van der Waals surface area contributed by atoms with E-state index in [-0.39, 0.29) is 23.9 Å². The third-order valence-corrected chi connectivity index (χ3v) is 4.53. The van der Waals surface area contributed by atoms with E-state index in [0.29, 0.717) is 15.7 Å². The fourth-order valence-electron chi connectivity index (χ4n) is 2.46. The number of halogens is 2. The first-order chi connectivity index (χ1) is 10.8. The van der Waals surface area contributed by atoms with Crippen LogP contribution in [0.1, 0.15) is 13.8 Å². The molecule has 1 aliphatic heterocycles. The molecule has 0 spiro atoms. The van der Waals surface area contributed by atoms with Crippen molar-refractivity contribution in [2.24, 2.45) is 0 Å². The molecule has 2 amide bonds. The highest BCUT2D eigenvalue weighted by molar-refractivity contribution is 6.35. The van der Waals surface area contributed by atoms with Gasteiger partial charge in [-0.1, -0.05) is 23.2 Å². The quantitative estimate of drug-likeness (QED) is 0.657. The lowest BCUT2D eigenvalue weighted by atomic mass is 9.97. The van der Waals surface area contributed by atoms with Gasteiger partial charge in [-0.25, -0.2) is 0 Å². The predicted octanol–water partition coefficient (Wildman–Crippen LogP) is 1.38. The summed E-state index contributed by atoms with van der Waals surface area (Å²) in [5.74, 6) is -0.609. The summed E-state index contributed by atoms with van der Waals surface area (Å²) >= 11 is 12.0. The van der Waals surface area contributed by atoms with E-state index in [1.807, 2.05) is 13.8 Å². The van der Waals surface area contributed by atoms with Crippen LogP contribution >= 0.6 is 23.2 Å². The topological polar surface area (TPSA) is 82.3 Å². The molecule has 4 N–H and O–H groups in total. The van der Waals surface area contributed by atoms with Crippen LogP contribution < -0.4 is 21.3 Å². The molecule has 0 radical (unpaired) electrons. The lowest BCUT2D eigenvalue weighted by molar-refractivity contribution is -0.129. The molecule has 4 unspecified atom stereocenters. The van der Waals surface area contributed by atoms with Crippen molar-refractivity contribution in [1.82, 2.24) is 16.0 Å². The summed E-state index contributed by atoms with van der Waals surface area (Å²) in [6, 6.07) is 3.49. The van der Waals surface area contributed by atoms with Crippen LogP contribution in [0, 0.1) is 0 Å². The SMILES string of the molecule is CNC(=O)C1NC(C)C(C)NC1C(=O)Nc1cc(Cl)ccc1Cl. The zero-order valence-corrected chi connectivity index (χ0v) is 14.6. The number of hydrogen-bond acceptors (Lipinski definition) is 4. The van der Waals surface area contributed by atoms with Gasteiger partial charge in [0, 0.05) is 24.2 Å². The Kier molecular flexibility index (Phi) is 5.86. The number of likely N-dealkylation sites (N-methyl/N-ethyl adjacent to an activating group) is 1. The van der Waals surface area contributed by atoms with Crippen molar-refractivity contribution in [1.29, 1.82) is 0 Å². The minimum Gasteiger partial charge on any atom is -0.358 e. The van der Waals surface area contributed by atoms with Gasteiger partial charge in [-0.2, -0.15) is 0 Å². The number of nitrogens with one attached hydrogen (secondary N) is 4. The Balaban J connectivity index is 2.20. The van der Waals surface area contributed by atoms with Gasteiger partial charge in [0.15, 0.2) is 0 Å². The Morgan fingerprint density at radius 2 is 1.61 bits per heavy atom. The van der Waals surface area contributed by atoms with Gasteiger partial charge in [-0.15, -0.1) is 0 Å². The first kappa shape index (κ1) is 18.0. The highest BCUT2D eigenvalue weighted by atomic mass is 35.5. The predicted molar refractivity (Wildman–Crippen MR) is 91.9 cm³/mol. The molecular formula is C15H20Cl2N4O2. The molecule has 8 heteroatoms. The molecule has 1 fully saturated rings. The molecule has 1 aromatic rings. The Morgan fingerprint density at radius 3 is 2.17 bits per heavy atom. The largest absolute Gasteiger partial charge is 0.358 e. The Morgan fingerprint density at radius 1 is 1.04 bits per heavy atom. The van der Waals surface area contributed by atoms with Gasteiger partial charge in [0.05, 0.1) is 10.7 Å². The van der Waals surface area contributed by atoms with E-state index in [1.54, 1.807) is 18.2 Å². The van der Waals surface area contributed by atoms with Gasteiger partial charge in [-0.3, -0.25) is 9.59 Å². The third-order valence-electron chi connectivity index (χ3n) is 3.97. The Hall–Kier alpha value is -1.34. The van der Waals surface area contributed by atoms with Gasteiger partial charge in [0.1, 0.15) is 12.1 Å². The van der Waals surface area contributed by atoms with Crippen molar-refractivity contribution in [3.63, 3.8) is 0 Å². The average molecular weight is 359 g/mol. The van der Waals surface area contributed by atoms with Crippen LogP contribution in [0.25, 0.3) is 0 Å². The maximum Gasteiger partial charge on any atom is 0.243 e. The molecule has 1 aromatic carbocycles. The summed E-state index contributed by atoms with van der Waals surface area (Å²) in [6.45, 7) is 3.90. The normalized spacial score (nSPS) is 27.3. The molecule has 0 aliphatic carbocycles.